The average molecular weight is 609 g/mol. The second kappa shape index (κ2) is 12.1. The van der Waals surface area contributed by atoms with Gasteiger partial charge in [0.25, 0.3) is 5.24 Å². The van der Waals surface area contributed by atoms with Gasteiger partial charge in [-0.15, -0.1) is 0 Å². The molecule has 0 aliphatic carbocycles. The van der Waals surface area contributed by atoms with Crippen LogP contribution >= 0.6 is 11.8 Å². The smallest absolute Gasteiger partial charge is 0.290 e. The molecule has 1 aliphatic heterocycles. The molecule has 2 atom stereocenters. The molecule has 0 saturated carbocycles. The first-order valence-corrected chi connectivity index (χ1v) is 16.0. The first-order chi connectivity index (χ1) is 22.0. The minimum atomic E-state index is -1.11. The van der Waals surface area contributed by atoms with Crippen molar-refractivity contribution in [2.24, 2.45) is 0 Å². The van der Waals surface area contributed by atoms with Crippen molar-refractivity contribution in [3.63, 3.8) is 0 Å². The van der Waals surface area contributed by atoms with Crippen LogP contribution in [0.5, 0.6) is 5.75 Å². The number of hydrogen-bond donors (Lipinski definition) is 1. The van der Waals surface area contributed by atoms with Crippen molar-refractivity contribution >= 4 is 33.8 Å². The number of imide groups is 1. The van der Waals surface area contributed by atoms with Gasteiger partial charge >= 0.3 is 0 Å². The zero-order chi connectivity index (χ0) is 30.8. The number of amides is 2. The predicted octanol–water partition coefficient (Wildman–Crippen LogP) is 8.91. The fraction of sp³-hybridized carbons (Fsp3) is 0.128. The van der Waals surface area contributed by atoms with Gasteiger partial charge in [-0.3, -0.25) is 14.5 Å². The van der Waals surface area contributed by atoms with Crippen LogP contribution in [0.4, 0.5) is 4.79 Å². The molecule has 222 valence electrons. The first-order valence-electron chi connectivity index (χ1n) is 15.1. The van der Waals surface area contributed by atoms with E-state index in [0.717, 1.165) is 56.4 Å². The summed E-state index contributed by atoms with van der Waals surface area (Å²) in [6.07, 6.45) is 0.265. The molecule has 1 N–H and O–H groups in total. The number of hydrogen-bond acceptors (Lipinski definition) is 4. The highest BCUT2D eigenvalue weighted by atomic mass is 32.2. The highest BCUT2D eigenvalue weighted by Crippen LogP contribution is 2.47. The largest absolute Gasteiger partial charge is 0.485 e. The van der Waals surface area contributed by atoms with Crippen LogP contribution in [0.15, 0.2) is 146 Å². The van der Waals surface area contributed by atoms with Crippen molar-refractivity contribution in [2.75, 3.05) is 0 Å². The number of benzene rings is 5. The Morgan fingerprint density at radius 2 is 1.27 bits per heavy atom. The van der Waals surface area contributed by atoms with E-state index in [2.05, 4.69) is 23.2 Å². The monoisotopic (exact) mass is 608 g/mol. The van der Waals surface area contributed by atoms with Crippen LogP contribution < -0.4 is 4.74 Å². The van der Waals surface area contributed by atoms with Gasteiger partial charge < -0.3 is 9.72 Å². The van der Waals surface area contributed by atoms with E-state index in [4.69, 9.17) is 4.74 Å². The first kappa shape index (κ1) is 28.7. The molecule has 5 aromatic carbocycles. The normalized spacial score (nSPS) is 15.8. The molecule has 5 nitrogen and oxygen atoms in total. The quantitative estimate of drug-likeness (QED) is 0.167. The fourth-order valence-electron chi connectivity index (χ4n) is 6.32. The summed E-state index contributed by atoms with van der Waals surface area (Å²) in [5.74, 6) is 0.540. The summed E-state index contributed by atoms with van der Waals surface area (Å²) < 4.78 is 6.24. The lowest BCUT2D eigenvalue weighted by atomic mass is 9.75. The SMILES string of the molecule is CC(Oc1ccc(CC2SC(=O)N(C(c3ccccc3)(c3ccccc3)c3ccccc3)C2=O)cc1)c1cc2ccccc2[nH]1. The summed E-state index contributed by atoms with van der Waals surface area (Å²) >= 11 is 1.10. The predicted molar refractivity (Wildman–Crippen MR) is 180 cm³/mol. The van der Waals surface area contributed by atoms with E-state index >= 15 is 0 Å². The van der Waals surface area contributed by atoms with Crippen molar-refractivity contribution in [2.45, 2.75) is 30.2 Å². The van der Waals surface area contributed by atoms with Crippen LogP contribution in [0.25, 0.3) is 10.9 Å². The summed E-state index contributed by atoms with van der Waals surface area (Å²) in [6, 6.07) is 47.6. The van der Waals surface area contributed by atoms with Gasteiger partial charge in [-0.1, -0.05) is 133 Å². The molecule has 6 aromatic rings. The number of fused-ring (bicyclic) bond motifs is 1. The van der Waals surface area contributed by atoms with Gasteiger partial charge in [0.05, 0.1) is 10.9 Å². The third-order valence-electron chi connectivity index (χ3n) is 8.48. The van der Waals surface area contributed by atoms with Gasteiger partial charge in [-0.25, -0.2) is 0 Å². The number of aromatic amines is 1. The molecular weight excluding hydrogens is 577 g/mol. The van der Waals surface area contributed by atoms with Crippen LogP contribution in [0.3, 0.4) is 0 Å². The minimum Gasteiger partial charge on any atom is -0.485 e. The molecule has 1 aromatic heterocycles. The van der Waals surface area contributed by atoms with E-state index < -0.39 is 10.8 Å². The van der Waals surface area contributed by atoms with Crippen LogP contribution in [-0.2, 0) is 16.8 Å². The van der Waals surface area contributed by atoms with Gasteiger partial charge in [0, 0.05) is 5.52 Å². The number of carbonyl (C=O) groups is 2. The maximum atomic E-state index is 14.4. The van der Waals surface area contributed by atoms with E-state index in [1.807, 2.05) is 134 Å². The maximum Gasteiger partial charge on any atom is 0.290 e. The van der Waals surface area contributed by atoms with Crippen molar-refractivity contribution in [1.29, 1.82) is 0 Å². The molecule has 7 rings (SSSR count). The average Bonchev–Trinajstić information content (AvgIpc) is 3.65. The van der Waals surface area contributed by atoms with Gasteiger partial charge in [-0.05, 0) is 65.3 Å². The number of para-hydroxylation sites is 1. The summed E-state index contributed by atoms with van der Waals surface area (Å²) in [6.45, 7) is 2.02. The molecule has 45 heavy (non-hydrogen) atoms. The Morgan fingerprint density at radius 1 is 0.733 bits per heavy atom. The van der Waals surface area contributed by atoms with E-state index in [9.17, 15) is 9.59 Å². The molecule has 0 radical (unpaired) electrons. The molecular formula is C39H32N2O3S. The molecule has 2 heterocycles. The summed E-state index contributed by atoms with van der Waals surface area (Å²) in [7, 11) is 0. The van der Waals surface area contributed by atoms with Gasteiger partial charge in [0.15, 0.2) is 0 Å². The number of rotatable bonds is 9. The topological polar surface area (TPSA) is 62.4 Å². The maximum absolute atomic E-state index is 14.4. The molecule has 2 unspecified atom stereocenters. The number of nitrogens with one attached hydrogen (secondary N) is 1. The molecule has 6 heteroatoms. The van der Waals surface area contributed by atoms with Crippen molar-refractivity contribution in [3.8, 4) is 5.75 Å². The fourth-order valence-corrected chi connectivity index (χ4v) is 7.37. The molecule has 1 fully saturated rings. The van der Waals surface area contributed by atoms with E-state index in [1.54, 1.807) is 0 Å². The van der Waals surface area contributed by atoms with Crippen LogP contribution in [0, 0.1) is 0 Å². The Morgan fingerprint density at radius 3 is 1.82 bits per heavy atom. The van der Waals surface area contributed by atoms with E-state index in [1.165, 1.54) is 4.90 Å². The van der Waals surface area contributed by atoms with Crippen LogP contribution in [0.2, 0.25) is 0 Å². The Kier molecular flexibility index (Phi) is 7.74. The molecule has 1 aliphatic rings. The minimum absolute atomic E-state index is 0.163. The highest BCUT2D eigenvalue weighted by molar-refractivity contribution is 8.15. The Hall–Kier alpha value is -5.07. The third kappa shape index (κ3) is 5.32. The molecule has 0 bridgehead atoms. The van der Waals surface area contributed by atoms with Crippen LogP contribution in [0.1, 0.15) is 41.0 Å². The standard InChI is InChI=1S/C39H32N2O3S/c1-27(35-26-29-13-11-12-20-34(29)40-35)44-33-23-21-28(22-24-33)25-36-37(42)41(38(43)45-36)39(30-14-5-2-6-15-30,31-16-7-3-8-17-31)32-18-9-4-10-19-32/h2-24,26-27,36,40H,25H2,1H3. The lowest BCUT2D eigenvalue weighted by Gasteiger charge is -2.42. The van der Waals surface area contributed by atoms with Gasteiger partial charge in [-0.2, -0.15) is 0 Å². The summed E-state index contributed by atoms with van der Waals surface area (Å²) in [5.41, 5.74) is 4.51. The number of aromatic nitrogens is 1. The number of nitrogens with zero attached hydrogens (tertiary/aromatic N) is 1. The molecule has 0 spiro atoms. The van der Waals surface area contributed by atoms with Crippen LogP contribution in [-0.4, -0.2) is 26.3 Å². The number of carbonyl (C=O) groups excluding carboxylic acids is 2. The van der Waals surface area contributed by atoms with E-state index in [-0.39, 0.29) is 17.3 Å². The second-order valence-corrected chi connectivity index (χ2v) is 12.4. The summed E-state index contributed by atoms with van der Waals surface area (Å²) in [4.78, 5) is 33.3. The molecule has 1 saturated heterocycles. The Bertz CT molecular complexity index is 1810. The summed E-state index contributed by atoms with van der Waals surface area (Å²) in [5, 5.41) is 0.343. The zero-order valence-electron chi connectivity index (χ0n) is 24.8. The Balaban J connectivity index is 1.16. The number of thioether (sulfide) groups is 1. The highest BCUT2D eigenvalue weighted by Gasteiger charge is 2.53. The number of H-pyrrole nitrogens is 1. The second-order valence-electron chi connectivity index (χ2n) is 11.3. The van der Waals surface area contributed by atoms with Crippen molar-refractivity contribution in [3.05, 3.63) is 174 Å². The zero-order valence-corrected chi connectivity index (χ0v) is 25.6. The Labute approximate surface area is 266 Å². The van der Waals surface area contributed by atoms with Gasteiger partial charge in [0.1, 0.15) is 17.4 Å². The lowest BCUT2D eigenvalue weighted by Crippen LogP contribution is -2.51. The van der Waals surface area contributed by atoms with Crippen molar-refractivity contribution < 1.29 is 14.3 Å². The van der Waals surface area contributed by atoms with Crippen molar-refractivity contribution in [1.82, 2.24) is 9.88 Å². The lowest BCUT2D eigenvalue weighted by molar-refractivity contribution is -0.129. The number of ether oxygens (including phenoxy) is 1. The van der Waals surface area contributed by atoms with Gasteiger partial charge in [0.2, 0.25) is 5.91 Å². The third-order valence-corrected chi connectivity index (χ3v) is 9.51. The van der Waals surface area contributed by atoms with E-state index in [0.29, 0.717) is 6.42 Å². The molecule has 2 amide bonds.